The van der Waals surface area contributed by atoms with E-state index in [1.807, 2.05) is 11.8 Å². The fourth-order valence-corrected chi connectivity index (χ4v) is 6.67. The smallest absolute Gasteiger partial charge is 0.246 e. The lowest BCUT2D eigenvalue weighted by atomic mass is 9.68. The average Bonchev–Trinajstić information content (AvgIpc) is 2.92. The van der Waals surface area contributed by atoms with Crippen molar-refractivity contribution in [2.45, 2.75) is 64.0 Å². The molecular formula is C18H28N2O2S. The zero-order valence-corrected chi connectivity index (χ0v) is 14.9. The van der Waals surface area contributed by atoms with Gasteiger partial charge in [-0.05, 0) is 56.3 Å². The maximum absolute atomic E-state index is 13.3. The van der Waals surface area contributed by atoms with Crippen LogP contribution in [0.25, 0.3) is 0 Å². The molecule has 5 rings (SSSR count). The summed E-state index contributed by atoms with van der Waals surface area (Å²) < 4.78 is 0. The highest BCUT2D eigenvalue weighted by Crippen LogP contribution is 2.47. The van der Waals surface area contributed by atoms with Crippen LogP contribution in [0.15, 0.2) is 0 Å². The number of fused-ring (bicyclic) bond motifs is 1. The number of hydrogen-bond acceptors (Lipinski definition) is 3. The van der Waals surface area contributed by atoms with E-state index in [0.29, 0.717) is 24.3 Å². The minimum atomic E-state index is -0.199. The summed E-state index contributed by atoms with van der Waals surface area (Å²) in [5, 5.41) is 0. The Labute approximate surface area is 143 Å². The van der Waals surface area contributed by atoms with Gasteiger partial charge in [0.15, 0.2) is 0 Å². The van der Waals surface area contributed by atoms with Gasteiger partial charge in [-0.25, -0.2) is 0 Å². The first kappa shape index (κ1) is 15.8. The van der Waals surface area contributed by atoms with E-state index < -0.39 is 0 Å². The molecule has 3 aliphatic heterocycles. The first-order valence-corrected chi connectivity index (χ1v) is 10.5. The van der Waals surface area contributed by atoms with Crippen molar-refractivity contribution in [2.24, 2.45) is 17.8 Å². The molecule has 0 N–H and O–H groups in total. The lowest BCUT2D eigenvalue weighted by molar-refractivity contribution is -0.145. The molecule has 5 aliphatic rings. The molecule has 5 fully saturated rings. The maximum atomic E-state index is 13.3. The van der Waals surface area contributed by atoms with Gasteiger partial charge in [0.05, 0.1) is 5.88 Å². The van der Waals surface area contributed by atoms with Crippen LogP contribution >= 0.6 is 11.8 Å². The molecule has 3 heterocycles. The Bertz CT molecular complexity index is 483. The Balaban J connectivity index is 1.51. The van der Waals surface area contributed by atoms with Gasteiger partial charge < -0.3 is 9.80 Å². The average molecular weight is 337 g/mol. The second kappa shape index (κ2) is 6.30. The van der Waals surface area contributed by atoms with Crippen LogP contribution in [0.4, 0.5) is 0 Å². The molecule has 3 saturated heterocycles. The highest BCUT2D eigenvalue weighted by Gasteiger charge is 2.46. The monoisotopic (exact) mass is 336 g/mol. The lowest BCUT2D eigenvalue weighted by Crippen LogP contribution is -2.52. The molecular weight excluding hydrogens is 308 g/mol. The van der Waals surface area contributed by atoms with Gasteiger partial charge in [0.2, 0.25) is 11.8 Å². The summed E-state index contributed by atoms with van der Waals surface area (Å²) in [5.41, 5.74) is 0. The molecule has 4 bridgehead atoms. The Morgan fingerprint density at radius 3 is 2.39 bits per heavy atom. The van der Waals surface area contributed by atoms with Crippen LogP contribution in [0.1, 0.15) is 51.9 Å². The van der Waals surface area contributed by atoms with Crippen LogP contribution in [0.3, 0.4) is 0 Å². The van der Waals surface area contributed by atoms with Crippen molar-refractivity contribution in [3.8, 4) is 0 Å². The van der Waals surface area contributed by atoms with Gasteiger partial charge >= 0.3 is 0 Å². The number of carbonyl (C=O) groups excluding carboxylic acids is 2. The van der Waals surface area contributed by atoms with Gasteiger partial charge in [-0.3, -0.25) is 9.59 Å². The van der Waals surface area contributed by atoms with E-state index >= 15 is 0 Å². The molecule has 23 heavy (non-hydrogen) atoms. The molecule has 2 amide bonds. The highest BCUT2D eigenvalue weighted by molar-refractivity contribution is 7.99. The second-order valence-corrected chi connectivity index (χ2v) is 9.05. The molecule has 0 aromatic rings. The van der Waals surface area contributed by atoms with Crippen LogP contribution in [-0.2, 0) is 9.59 Å². The summed E-state index contributed by atoms with van der Waals surface area (Å²) in [4.78, 5) is 29.6. The van der Waals surface area contributed by atoms with E-state index in [9.17, 15) is 9.59 Å². The molecule has 0 aromatic heterocycles. The molecule has 0 aromatic carbocycles. The molecule has 3 atom stereocenters. The van der Waals surface area contributed by atoms with Gasteiger partial charge in [-0.1, -0.05) is 6.92 Å². The fourth-order valence-electron chi connectivity index (χ4n) is 5.50. The molecule has 5 heteroatoms. The summed E-state index contributed by atoms with van der Waals surface area (Å²) in [6, 6.07) is 0.252. The van der Waals surface area contributed by atoms with Crippen LogP contribution in [0.2, 0.25) is 0 Å². The van der Waals surface area contributed by atoms with E-state index in [-0.39, 0.29) is 17.9 Å². The number of amides is 2. The number of hydrogen-bond donors (Lipinski definition) is 0. The van der Waals surface area contributed by atoms with Crippen molar-refractivity contribution in [1.29, 1.82) is 0 Å². The summed E-state index contributed by atoms with van der Waals surface area (Å²) in [6.07, 6.45) is 7.90. The SMILES string of the molecule is CCCC(=O)N1CSCC1C(=O)N1CC2CC3CC(C2)CC1C3. The summed E-state index contributed by atoms with van der Waals surface area (Å²) >= 11 is 1.73. The summed E-state index contributed by atoms with van der Waals surface area (Å²) in [6.45, 7) is 2.98. The normalized spacial score (nSPS) is 38.9. The fraction of sp³-hybridized carbons (Fsp3) is 0.889. The van der Waals surface area contributed by atoms with Gasteiger partial charge in [0, 0.05) is 24.8 Å². The number of rotatable bonds is 3. The quantitative estimate of drug-likeness (QED) is 0.796. The molecule has 0 radical (unpaired) electrons. The Kier molecular flexibility index (Phi) is 4.33. The van der Waals surface area contributed by atoms with E-state index in [4.69, 9.17) is 0 Å². The summed E-state index contributed by atoms with van der Waals surface area (Å²) in [5.74, 6) is 4.31. The Morgan fingerprint density at radius 1 is 1.00 bits per heavy atom. The van der Waals surface area contributed by atoms with Crippen molar-refractivity contribution in [2.75, 3.05) is 18.2 Å². The van der Waals surface area contributed by atoms with Gasteiger partial charge in [0.1, 0.15) is 6.04 Å². The van der Waals surface area contributed by atoms with Crippen molar-refractivity contribution < 1.29 is 9.59 Å². The summed E-state index contributed by atoms with van der Waals surface area (Å²) in [7, 11) is 0. The Hall–Kier alpha value is -0.710. The van der Waals surface area contributed by atoms with Crippen LogP contribution < -0.4 is 0 Å². The first-order valence-electron chi connectivity index (χ1n) is 9.33. The second-order valence-electron chi connectivity index (χ2n) is 8.05. The number of thioether (sulfide) groups is 1. The lowest BCUT2D eigenvalue weighted by Gasteiger charge is -2.39. The molecule has 2 aliphatic carbocycles. The van der Waals surface area contributed by atoms with Crippen molar-refractivity contribution in [1.82, 2.24) is 9.80 Å². The zero-order valence-electron chi connectivity index (χ0n) is 14.1. The standard InChI is InChI=1S/C18H28N2O2S/c1-2-3-17(21)20-11-23-10-16(20)18(22)19-9-14-5-12-4-13(6-14)8-15(19)7-12/h12-16H,2-11H2,1H3. The van der Waals surface area contributed by atoms with Crippen molar-refractivity contribution in [3.63, 3.8) is 0 Å². The molecule has 128 valence electrons. The van der Waals surface area contributed by atoms with Crippen molar-refractivity contribution >= 4 is 23.6 Å². The van der Waals surface area contributed by atoms with E-state index in [1.165, 1.54) is 32.1 Å². The van der Waals surface area contributed by atoms with Crippen LogP contribution in [0.5, 0.6) is 0 Å². The van der Waals surface area contributed by atoms with E-state index in [1.54, 1.807) is 11.8 Å². The molecule has 4 nitrogen and oxygen atoms in total. The third-order valence-corrected chi connectivity index (χ3v) is 7.35. The highest BCUT2D eigenvalue weighted by atomic mass is 32.2. The predicted molar refractivity (Wildman–Crippen MR) is 91.9 cm³/mol. The van der Waals surface area contributed by atoms with Gasteiger partial charge in [-0.2, -0.15) is 0 Å². The Morgan fingerprint density at radius 2 is 1.70 bits per heavy atom. The van der Waals surface area contributed by atoms with Crippen molar-refractivity contribution in [3.05, 3.63) is 0 Å². The van der Waals surface area contributed by atoms with Gasteiger partial charge in [0.25, 0.3) is 0 Å². The maximum Gasteiger partial charge on any atom is 0.246 e. The number of nitrogens with zero attached hydrogens (tertiary/aromatic N) is 2. The largest absolute Gasteiger partial charge is 0.338 e. The molecule has 3 unspecified atom stereocenters. The third kappa shape index (κ3) is 2.90. The van der Waals surface area contributed by atoms with Gasteiger partial charge in [-0.15, -0.1) is 11.8 Å². The predicted octanol–water partition coefficient (Wildman–Crippen LogP) is 2.73. The molecule has 0 spiro atoms. The van der Waals surface area contributed by atoms with E-state index in [0.717, 1.165) is 30.6 Å². The first-order chi connectivity index (χ1) is 11.2. The van der Waals surface area contributed by atoms with Crippen LogP contribution in [0, 0.1) is 17.8 Å². The zero-order chi connectivity index (χ0) is 16.0. The minimum Gasteiger partial charge on any atom is -0.338 e. The topological polar surface area (TPSA) is 40.6 Å². The van der Waals surface area contributed by atoms with Crippen LogP contribution in [-0.4, -0.2) is 51.9 Å². The third-order valence-electron chi connectivity index (χ3n) is 6.34. The van der Waals surface area contributed by atoms with E-state index in [2.05, 4.69) is 4.90 Å². The minimum absolute atomic E-state index is 0.163. The molecule has 2 saturated carbocycles. The number of carbonyl (C=O) groups is 2.